The molecule has 4 aromatic rings. The Labute approximate surface area is 211 Å². The summed E-state index contributed by atoms with van der Waals surface area (Å²) in [6.07, 6.45) is 1.73. The monoisotopic (exact) mass is 504 g/mol. The number of aromatic nitrogens is 2. The summed E-state index contributed by atoms with van der Waals surface area (Å²) in [6.45, 7) is 3.44. The van der Waals surface area contributed by atoms with Crippen LogP contribution in [0.4, 0.5) is 11.4 Å². The van der Waals surface area contributed by atoms with Crippen molar-refractivity contribution in [2.45, 2.75) is 19.9 Å². The van der Waals surface area contributed by atoms with E-state index < -0.39 is 6.04 Å². The quantitative estimate of drug-likeness (QED) is 0.383. The van der Waals surface area contributed by atoms with Crippen LogP contribution in [0.2, 0.25) is 5.02 Å². The molecule has 35 heavy (non-hydrogen) atoms. The zero-order chi connectivity index (χ0) is 24.5. The third-order valence-corrected chi connectivity index (χ3v) is 7.00. The summed E-state index contributed by atoms with van der Waals surface area (Å²) in [4.78, 5) is 36.5. The Bertz CT molecular complexity index is 1420. The lowest BCUT2D eigenvalue weighted by Gasteiger charge is -2.33. The maximum atomic E-state index is 13.1. The van der Waals surface area contributed by atoms with Gasteiger partial charge >= 0.3 is 0 Å². The number of ether oxygens (including phenoxy) is 1. The van der Waals surface area contributed by atoms with Gasteiger partial charge in [0.05, 0.1) is 17.1 Å². The van der Waals surface area contributed by atoms with E-state index in [1.165, 1.54) is 16.2 Å². The predicted molar refractivity (Wildman–Crippen MR) is 138 cm³/mol. The van der Waals surface area contributed by atoms with Gasteiger partial charge in [0.2, 0.25) is 5.91 Å². The highest BCUT2D eigenvalue weighted by Gasteiger charge is 2.33. The molecular formula is C26H21ClN4O3S. The molecule has 5 rings (SSSR count). The summed E-state index contributed by atoms with van der Waals surface area (Å²) in [6, 6.07) is 15.7. The second kappa shape index (κ2) is 9.48. The Morgan fingerprint density at radius 1 is 1.17 bits per heavy atom. The van der Waals surface area contributed by atoms with E-state index in [9.17, 15) is 9.59 Å². The molecule has 1 atom stereocenters. The number of fused-ring (bicyclic) bond motifs is 1. The van der Waals surface area contributed by atoms with Gasteiger partial charge in [-0.25, -0.2) is 4.98 Å². The molecule has 176 valence electrons. The van der Waals surface area contributed by atoms with E-state index in [-0.39, 0.29) is 18.4 Å². The van der Waals surface area contributed by atoms with Crippen LogP contribution in [-0.4, -0.2) is 34.4 Å². The molecule has 1 aliphatic rings. The summed E-state index contributed by atoms with van der Waals surface area (Å²) in [5.41, 5.74) is 4.36. The van der Waals surface area contributed by atoms with Crippen molar-refractivity contribution in [1.82, 2.24) is 9.97 Å². The molecule has 1 N–H and O–H groups in total. The van der Waals surface area contributed by atoms with Crippen LogP contribution in [0.25, 0.3) is 22.0 Å². The van der Waals surface area contributed by atoms with Crippen molar-refractivity contribution in [1.29, 1.82) is 0 Å². The minimum atomic E-state index is -0.778. The van der Waals surface area contributed by atoms with Crippen LogP contribution in [0.3, 0.4) is 0 Å². The third kappa shape index (κ3) is 4.62. The first-order chi connectivity index (χ1) is 16.9. The van der Waals surface area contributed by atoms with Gasteiger partial charge in [0.25, 0.3) is 5.91 Å². The van der Waals surface area contributed by atoms with Gasteiger partial charge in [-0.2, -0.15) is 0 Å². The van der Waals surface area contributed by atoms with E-state index >= 15 is 0 Å². The van der Waals surface area contributed by atoms with Gasteiger partial charge in [0, 0.05) is 27.9 Å². The Hall–Kier alpha value is -3.75. The van der Waals surface area contributed by atoms with Crippen molar-refractivity contribution >= 4 is 46.1 Å². The highest BCUT2D eigenvalue weighted by molar-refractivity contribution is 7.13. The number of pyridine rings is 1. The summed E-state index contributed by atoms with van der Waals surface area (Å²) >= 11 is 7.68. The minimum absolute atomic E-state index is 0.138. The van der Waals surface area contributed by atoms with Gasteiger partial charge < -0.3 is 10.1 Å². The maximum Gasteiger partial charge on any atom is 0.265 e. The first kappa shape index (κ1) is 23.0. The number of nitrogens with one attached hydrogen (secondary N) is 1. The molecule has 1 aliphatic heterocycles. The number of hydrogen-bond acceptors (Lipinski definition) is 6. The van der Waals surface area contributed by atoms with Gasteiger partial charge in [-0.05, 0) is 61.9 Å². The Kier molecular flexibility index (Phi) is 6.23. The second-order valence-corrected chi connectivity index (χ2v) is 9.38. The number of aryl methyl sites for hydroxylation is 1. The highest BCUT2D eigenvalue weighted by Crippen LogP contribution is 2.38. The molecule has 0 radical (unpaired) electrons. The minimum Gasteiger partial charge on any atom is -0.482 e. The molecule has 1 unspecified atom stereocenters. The summed E-state index contributed by atoms with van der Waals surface area (Å²) in [7, 11) is 0. The SMILES string of the molecule is Cc1ccc(NC(=O)C(C)N2C(=O)COc3ccc(-c4csc(-c5ccccn5)n4)cc32)cc1Cl. The number of hydrogen-bond donors (Lipinski definition) is 1. The number of thiazole rings is 1. The predicted octanol–water partition coefficient (Wildman–Crippen LogP) is 5.59. The van der Waals surface area contributed by atoms with Crippen LogP contribution in [0.15, 0.2) is 66.2 Å². The number of anilines is 2. The Morgan fingerprint density at radius 2 is 2.03 bits per heavy atom. The highest BCUT2D eigenvalue weighted by atomic mass is 35.5. The molecule has 0 aliphatic carbocycles. The number of halogens is 1. The standard InChI is InChI=1S/C26H21ClN4O3S/c1-15-6-8-18(12-19(15)27)29-25(33)16(2)31-22-11-17(7-9-23(22)34-13-24(31)32)21-14-35-26(30-21)20-5-3-4-10-28-20/h3-12,14,16H,13H2,1-2H3,(H,29,33). The van der Waals surface area contributed by atoms with Crippen LogP contribution in [-0.2, 0) is 9.59 Å². The number of carbonyl (C=O) groups excluding carboxylic acids is 2. The van der Waals surface area contributed by atoms with E-state index in [1.807, 2.05) is 48.7 Å². The second-order valence-electron chi connectivity index (χ2n) is 8.12. The molecule has 3 heterocycles. The maximum absolute atomic E-state index is 13.1. The molecule has 7 nitrogen and oxygen atoms in total. The normalized spacial score (nSPS) is 13.7. The summed E-state index contributed by atoms with van der Waals surface area (Å²) < 4.78 is 5.64. The molecule has 2 amide bonds. The molecule has 0 fully saturated rings. The molecule has 0 spiro atoms. The number of benzene rings is 2. The molecular weight excluding hydrogens is 484 g/mol. The molecule has 0 saturated heterocycles. The van der Waals surface area contributed by atoms with Crippen molar-refractivity contribution in [2.75, 3.05) is 16.8 Å². The molecule has 0 bridgehead atoms. The zero-order valence-electron chi connectivity index (χ0n) is 19.0. The lowest BCUT2D eigenvalue weighted by molar-refractivity contribution is -0.125. The number of amides is 2. The van der Waals surface area contributed by atoms with E-state index in [2.05, 4.69) is 10.3 Å². The van der Waals surface area contributed by atoms with Gasteiger partial charge in [-0.15, -0.1) is 11.3 Å². The van der Waals surface area contributed by atoms with Crippen molar-refractivity contribution in [2.24, 2.45) is 0 Å². The lowest BCUT2D eigenvalue weighted by Crippen LogP contribution is -2.49. The average molecular weight is 505 g/mol. The van der Waals surface area contributed by atoms with Crippen molar-refractivity contribution in [3.05, 3.63) is 76.8 Å². The van der Waals surface area contributed by atoms with E-state index in [1.54, 1.807) is 31.3 Å². The van der Waals surface area contributed by atoms with Gasteiger partial charge in [-0.3, -0.25) is 19.5 Å². The van der Waals surface area contributed by atoms with Gasteiger partial charge in [0.1, 0.15) is 16.8 Å². The van der Waals surface area contributed by atoms with Gasteiger partial charge in [0.15, 0.2) is 6.61 Å². The summed E-state index contributed by atoms with van der Waals surface area (Å²) in [5.74, 6) is -0.0964. The average Bonchev–Trinajstić information content (AvgIpc) is 3.36. The fraction of sp³-hybridized carbons (Fsp3) is 0.154. The Morgan fingerprint density at radius 3 is 2.80 bits per heavy atom. The van der Waals surface area contributed by atoms with Crippen molar-refractivity contribution in [3.8, 4) is 27.7 Å². The van der Waals surface area contributed by atoms with Crippen LogP contribution in [0.1, 0.15) is 12.5 Å². The van der Waals surface area contributed by atoms with Crippen molar-refractivity contribution in [3.63, 3.8) is 0 Å². The van der Waals surface area contributed by atoms with Crippen LogP contribution in [0, 0.1) is 6.92 Å². The van der Waals surface area contributed by atoms with Crippen LogP contribution in [0.5, 0.6) is 5.75 Å². The van der Waals surface area contributed by atoms with Crippen LogP contribution < -0.4 is 15.0 Å². The molecule has 2 aromatic carbocycles. The van der Waals surface area contributed by atoms with E-state index in [0.29, 0.717) is 22.1 Å². The van der Waals surface area contributed by atoms with E-state index in [4.69, 9.17) is 21.3 Å². The largest absolute Gasteiger partial charge is 0.482 e. The van der Waals surface area contributed by atoms with Crippen LogP contribution >= 0.6 is 22.9 Å². The third-order valence-electron chi connectivity index (χ3n) is 5.73. The van der Waals surface area contributed by atoms with Gasteiger partial charge in [-0.1, -0.05) is 23.7 Å². The molecule has 9 heteroatoms. The Balaban J connectivity index is 1.43. The summed E-state index contributed by atoms with van der Waals surface area (Å²) in [5, 5.41) is 6.15. The topological polar surface area (TPSA) is 84.4 Å². The fourth-order valence-electron chi connectivity index (χ4n) is 3.80. The molecule has 0 saturated carbocycles. The van der Waals surface area contributed by atoms with E-state index in [0.717, 1.165) is 27.5 Å². The molecule has 2 aromatic heterocycles. The first-order valence-electron chi connectivity index (χ1n) is 10.9. The lowest BCUT2D eigenvalue weighted by atomic mass is 10.1. The zero-order valence-corrected chi connectivity index (χ0v) is 20.6. The number of carbonyl (C=O) groups is 2. The fourth-order valence-corrected chi connectivity index (χ4v) is 4.79. The van der Waals surface area contributed by atoms with Crippen molar-refractivity contribution < 1.29 is 14.3 Å². The number of rotatable bonds is 5. The smallest absolute Gasteiger partial charge is 0.265 e. The first-order valence-corrected chi connectivity index (χ1v) is 12.2. The number of nitrogens with zero attached hydrogens (tertiary/aromatic N) is 3.